The molecule has 0 aliphatic rings. The lowest BCUT2D eigenvalue weighted by molar-refractivity contribution is -0.139. The zero-order valence-electron chi connectivity index (χ0n) is 6.13. The minimum atomic E-state index is -0.955. The third-order valence-corrected chi connectivity index (χ3v) is 1.77. The lowest BCUT2D eigenvalue weighted by Crippen LogP contribution is -2.30. The van der Waals surface area contributed by atoms with Crippen LogP contribution in [-0.2, 0) is 9.59 Å². The maximum Gasteiger partial charge on any atom is 0.321 e. The Morgan fingerprint density at radius 2 is 2.18 bits per heavy atom. The van der Waals surface area contributed by atoms with Crippen molar-refractivity contribution < 1.29 is 14.7 Å². The monoisotopic (exact) mass is 223 g/mol. The van der Waals surface area contributed by atoms with Gasteiger partial charge in [0.25, 0.3) is 0 Å². The van der Waals surface area contributed by atoms with Crippen LogP contribution in [0.4, 0.5) is 0 Å². The summed E-state index contributed by atoms with van der Waals surface area (Å²) in [5, 5.41) is 8.48. The molecule has 0 aromatic carbocycles. The Morgan fingerprint density at radius 1 is 1.64 bits per heavy atom. The Morgan fingerprint density at radius 3 is 2.45 bits per heavy atom. The van der Waals surface area contributed by atoms with Gasteiger partial charge in [0.15, 0.2) is 0 Å². The summed E-state index contributed by atoms with van der Waals surface area (Å²) in [6, 6.07) is -0.682. The normalized spacial score (nSPS) is 12.5. The third kappa shape index (κ3) is 4.92. The molecule has 0 fully saturated rings. The van der Waals surface area contributed by atoms with Crippen LogP contribution in [0.25, 0.3) is 0 Å². The van der Waals surface area contributed by atoms with Gasteiger partial charge in [-0.05, 0) is 13.3 Å². The SMILES string of the molecule is CC(=O)CC[C@H](NBr)C(=O)O. The number of carboxylic acid groups (broad SMARTS) is 1. The number of hydrogen-bond donors (Lipinski definition) is 2. The van der Waals surface area contributed by atoms with E-state index in [2.05, 4.69) is 20.5 Å². The molecule has 0 saturated carbocycles. The summed E-state index contributed by atoms with van der Waals surface area (Å²) in [5.74, 6) is -0.956. The highest BCUT2D eigenvalue weighted by atomic mass is 79.9. The van der Waals surface area contributed by atoms with Gasteiger partial charge >= 0.3 is 5.97 Å². The molecule has 0 spiro atoms. The van der Waals surface area contributed by atoms with Gasteiger partial charge in [0.2, 0.25) is 0 Å². The highest BCUT2D eigenvalue weighted by Crippen LogP contribution is 1.99. The number of halogens is 1. The fourth-order valence-corrected chi connectivity index (χ4v) is 0.997. The molecule has 5 heteroatoms. The number of nitrogens with one attached hydrogen (secondary N) is 1. The summed E-state index contributed by atoms with van der Waals surface area (Å²) in [6.07, 6.45) is 0.603. The highest BCUT2D eigenvalue weighted by molar-refractivity contribution is 9.08. The van der Waals surface area contributed by atoms with Gasteiger partial charge in [-0.3, -0.25) is 4.79 Å². The zero-order valence-corrected chi connectivity index (χ0v) is 7.72. The Kier molecular flexibility index (Phi) is 5.06. The second-order valence-corrected chi connectivity index (χ2v) is 2.70. The van der Waals surface area contributed by atoms with E-state index < -0.39 is 12.0 Å². The minimum Gasteiger partial charge on any atom is -0.480 e. The number of carbonyl (C=O) groups is 2. The second kappa shape index (κ2) is 5.26. The van der Waals surface area contributed by atoms with Crippen LogP contribution < -0.4 is 4.34 Å². The standard InChI is InChI=1S/C6H10BrNO3/c1-4(9)2-3-5(8-7)6(10)11/h5,8H,2-3H2,1H3,(H,10,11)/t5-/m0/s1. The van der Waals surface area contributed by atoms with Crippen molar-refractivity contribution in [1.82, 2.24) is 4.34 Å². The van der Waals surface area contributed by atoms with Gasteiger partial charge < -0.3 is 9.90 Å². The van der Waals surface area contributed by atoms with Crippen LogP contribution >= 0.6 is 16.1 Å². The summed E-state index contributed by atoms with van der Waals surface area (Å²) in [7, 11) is 0. The van der Waals surface area contributed by atoms with Crippen molar-refractivity contribution in [2.75, 3.05) is 0 Å². The average Bonchev–Trinajstić information content (AvgIpc) is 1.87. The first kappa shape index (κ1) is 10.6. The molecule has 0 radical (unpaired) electrons. The third-order valence-electron chi connectivity index (χ3n) is 1.21. The Bertz CT molecular complexity index is 160. The first-order valence-corrected chi connectivity index (χ1v) is 3.95. The molecular formula is C6H10BrNO3. The van der Waals surface area contributed by atoms with Gasteiger partial charge in [-0.25, -0.2) is 4.34 Å². The van der Waals surface area contributed by atoms with E-state index in [9.17, 15) is 9.59 Å². The molecule has 4 nitrogen and oxygen atoms in total. The van der Waals surface area contributed by atoms with Gasteiger partial charge in [-0.2, -0.15) is 0 Å². The number of hydrogen-bond acceptors (Lipinski definition) is 3. The van der Waals surface area contributed by atoms with Crippen molar-refractivity contribution in [3.63, 3.8) is 0 Å². The van der Waals surface area contributed by atoms with E-state index in [0.717, 1.165) is 0 Å². The molecule has 0 aromatic heterocycles. The van der Waals surface area contributed by atoms with E-state index in [-0.39, 0.29) is 12.2 Å². The van der Waals surface area contributed by atoms with E-state index in [0.29, 0.717) is 6.42 Å². The van der Waals surface area contributed by atoms with Crippen molar-refractivity contribution >= 4 is 27.9 Å². The molecule has 0 bridgehead atoms. The molecule has 0 aromatic rings. The number of carboxylic acids is 1. The molecule has 0 amide bonds. The maximum absolute atomic E-state index is 10.5. The largest absolute Gasteiger partial charge is 0.480 e. The summed E-state index contributed by atoms with van der Waals surface area (Å²) in [4.78, 5) is 20.8. The van der Waals surface area contributed by atoms with Gasteiger partial charge in [0, 0.05) is 22.6 Å². The average molecular weight is 224 g/mol. The molecule has 0 aliphatic carbocycles. The number of rotatable bonds is 5. The van der Waals surface area contributed by atoms with Gasteiger partial charge in [0.05, 0.1) is 0 Å². The quantitative estimate of drug-likeness (QED) is 0.675. The molecule has 0 aliphatic heterocycles. The van der Waals surface area contributed by atoms with Crippen molar-refractivity contribution in [2.45, 2.75) is 25.8 Å². The number of aliphatic carboxylic acids is 1. The maximum atomic E-state index is 10.5. The number of ketones is 1. The van der Waals surface area contributed by atoms with Crippen molar-refractivity contribution in [2.24, 2.45) is 0 Å². The topological polar surface area (TPSA) is 66.4 Å². The molecule has 64 valence electrons. The van der Waals surface area contributed by atoms with Gasteiger partial charge in [-0.1, -0.05) is 0 Å². The first-order valence-electron chi connectivity index (χ1n) is 3.16. The van der Waals surface area contributed by atoms with Crippen LogP contribution in [-0.4, -0.2) is 22.9 Å². The highest BCUT2D eigenvalue weighted by Gasteiger charge is 2.15. The summed E-state index contributed by atoms with van der Waals surface area (Å²) >= 11 is 2.82. The smallest absolute Gasteiger partial charge is 0.321 e. The van der Waals surface area contributed by atoms with E-state index in [1.165, 1.54) is 6.92 Å². The summed E-state index contributed by atoms with van der Waals surface area (Å²) in [6.45, 7) is 1.44. The van der Waals surface area contributed by atoms with Crippen LogP contribution in [0, 0.1) is 0 Å². The molecular weight excluding hydrogens is 214 g/mol. The summed E-state index contributed by atoms with van der Waals surface area (Å²) in [5.41, 5.74) is 0. The van der Waals surface area contributed by atoms with E-state index >= 15 is 0 Å². The van der Waals surface area contributed by atoms with Crippen LogP contribution in [0.15, 0.2) is 0 Å². The fraction of sp³-hybridized carbons (Fsp3) is 0.667. The minimum absolute atomic E-state index is 0.000926. The summed E-state index contributed by atoms with van der Waals surface area (Å²) < 4.78 is 2.42. The molecule has 0 saturated heterocycles. The van der Waals surface area contributed by atoms with E-state index in [4.69, 9.17) is 5.11 Å². The zero-order chi connectivity index (χ0) is 8.85. The van der Waals surface area contributed by atoms with Crippen molar-refractivity contribution in [1.29, 1.82) is 0 Å². The van der Waals surface area contributed by atoms with Crippen LogP contribution in [0.5, 0.6) is 0 Å². The molecule has 1 atom stereocenters. The molecule has 0 heterocycles. The lowest BCUT2D eigenvalue weighted by atomic mass is 10.1. The molecule has 0 rings (SSSR count). The number of carbonyl (C=O) groups excluding carboxylic acids is 1. The van der Waals surface area contributed by atoms with E-state index in [1.54, 1.807) is 0 Å². The Balaban J connectivity index is 3.70. The predicted molar refractivity (Wildman–Crippen MR) is 43.4 cm³/mol. The Labute approximate surface area is 73.3 Å². The van der Waals surface area contributed by atoms with Crippen LogP contribution in [0.2, 0.25) is 0 Å². The van der Waals surface area contributed by atoms with E-state index in [1.807, 2.05) is 0 Å². The van der Waals surface area contributed by atoms with Crippen LogP contribution in [0.1, 0.15) is 19.8 Å². The Hall–Kier alpha value is -0.420. The van der Waals surface area contributed by atoms with Crippen LogP contribution in [0.3, 0.4) is 0 Å². The second-order valence-electron chi connectivity index (χ2n) is 2.24. The fourth-order valence-electron chi connectivity index (χ4n) is 0.572. The van der Waals surface area contributed by atoms with Crippen molar-refractivity contribution in [3.05, 3.63) is 0 Å². The number of Topliss-reactive ketones (excluding diaryl/α,β-unsaturated/α-hetero) is 1. The lowest BCUT2D eigenvalue weighted by Gasteiger charge is -2.06. The predicted octanol–water partition coefficient (Wildman–Crippen LogP) is 0.708. The molecule has 11 heavy (non-hydrogen) atoms. The van der Waals surface area contributed by atoms with Gasteiger partial charge in [0.1, 0.15) is 11.8 Å². The molecule has 2 N–H and O–H groups in total. The van der Waals surface area contributed by atoms with Crippen molar-refractivity contribution in [3.8, 4) is 0 Å². The van der Waals surface area contributed by atoms with Gasteiger partial charge in [-0.15, -0.1) is 0 Å². The molecule has 0 unspecified atom stereocenters. The first-order chi connectivity index (χ1) is 5.07.